The molecule has 1 aromatic heterocycles. The zero-order valence-corrected chi connectivity index (χ0v) is 18.4. The lowest BCUT2D eigenvalue weighted by Crippen LogP contribution is -2.49. The van der Waals surface area contributed by atoms with Gasteiger partial charge in [0.2, 0.25) is 5.91 Å². The van der Waals surface area contributed by atoms with Crippen LogP contribution in [0, 0.1) is 0 Å². The number of amides is 2. The predicted octanol–water partition coefficient (Wildman–Crippen LogP) is 3.37. The van der Waals surface area contributed by atoms with Crippen molar-refractivity contribution >= 4 is 22.9 Å². The number of para-hydroxylation sites is 1. The Morgan fingerprint density at radius 3 is 2.56 bits per heavy atom. The smallest absolute Gasteiger partial charge is 0.408 e. The largest absolute Gasteiger partial charge is 0.504 e. The Hall–Kier alpha value is -3.68. The molecule has 2 aromatic carbocycles. The van der Waals surface area contributed by atoms with Crippen LogP contribution in [0.5, 0.6) is 11.5 Å². The van der Waals surface area contributed by atoms with E-state index in [1.807, 2.05) is 30.5 Å². The Labute approximate surface area is 186 Å². The van der Waals surface area contributed by atoms with Crippen LogP contribution in [0.25, 0.3) is 10.9 Å². The second-order valence-corrected chi connectivity index (χ2v) is 8.63. The maximum absolute atomic E-state index is 12.9. The van der Waals surface area contributed by atoms with Crippen LogP contribution in [0.15, 0.2) is 48.7 Å². The summed E-state index contributed by atoms with van der Waals surface area (Å²) < 4.78 is 5.33. The molecule has 0 aliphatic carbocycles. The zero-order chi connectivity index (χ0) is 23.3. The highest BCUT2D eigenvalue weighted by atomic mass is 16.6. The molecule has 32 heavy (non-hydrogen) atoms. The second kappa shape index (κ2) is 9.64. The van der Waals surface area contributed by atoms with E-state index >= 15 is 0 Å². The van der Waals surface area contributed by atoms with Gasteiger partial charge in [-0.3, -0.25) is 4.79 Å². The van der Waals surface area contributed by atoms with Crippen molar-refractivity contribution in [3.05, 3.63) is 59.8 Å². The van der Waals surface area contributed by atoms with Gasteiger partial charge in [-0.25, -0.2) is 4.79 Å². The third-order valence-corrected chi connectivity index (χ3v) is 4.86. The number of phenolic OH excluding ortho intramolecular Hbond substituents is 2. The van der Waals surface area contributed by atoms with Crippen LogP contribution >= 0.6 is 0 Å². The minimum Gasteiger partial charge on any atom is -0.504 e. The van der Waals surface area contributed by atoms with Crippen LogP contribution in [0.3, 0.4) is 0 Å². The molecule has 3 rings (SSSR count). The molecule has 0 radical (unpaired) electrons. The summed E-state index contributed by atoms with van der Waals surface area (Å²) in [5, 5.41) is 25.5. The maximum atomic E-state index is 12.9. The van der Waals surface area contributed by atoms with Crippen LogP contribution in [0.4, 0.5) is 4.79 Å². The number of fused-ring (bicyclic) bond motifs is 1. The van der Waals surface area contributed by atoms with Gasteiger partial charge in [-0.1, -0.05) is 24.3 Å². The minimum absolute atomic E-state index is 0.196. The summed E-state index contributed by atoms with van der Waals surface area (Å²) in [5.41, 5.74) is 1.92. The van der Waals surface area contributed by atoms with Crippen LogP contribution in [-0.4, -0.2) is 45.4 Å². The number of phenols is 2. The number of ether oxygens (including phenoxy) is 1. The van der Waals surface area contributed by atoms with Gasteiger partial charge < -0.3 is 30.6 Å². The molecule has 0 saturated carbocycles. The number of carbonyl (C=O) groups excluding carboxylic acids is 2. The van der Waals surface area contributed by atoms with Gasteiger partial charge in [0.15, 0.2) is 11.5 Å². The molecule has 0 bridgehead atoms. The molecule has 0 unspecified atom stereocenters. The van der Waals surface area contributed by atoms with E-state index in [4.69, 9.17) is 4.74 Å². The van der Waals surface area contributed by atoms with Gasteiger partial charge in [0.1, 0.15) is 11.6 Å². The number of carbonyl (C=O) groups is 2. The molecule has 3 aromatic rings. The Balaban J connectivity index is 1.69. The number of aromatic hydroxyl groups is 2. The fraction of sp³-hybridized carbons (Fsp3) is 0.333. The van der Waals surface area contributed by atoms with Crippen molar-refractivity contribution in [3.8, 4) is 11.5 Å². The number of H-pyrrole nitrogens is 1. The molecule has 0 spiro atoms. The van der Waals surface area contributed by atoms with E-state index in [1.165, 1.54) is 12.1 Å². The molecule has 5 N–H and O–H groups in total. The van der Waals surface area contributed by atoms with Crippen molar-refractivity contribution in [2.24, 2.45) is 0 Å². The van der Waals surface area contributed by atoms with Crippen LogP contribution < -0.4 is 10.6 Å². The summed E-state index contributed by atoms with van der Waals surface area (Å²) in [5.74, 6) is -0.750. The average molecular weight is 440 g/mol. The van der Waals surface area contributed by atoms with Gasteiger partial charge in [-0.05, 0) is 56.5 Å². The third kappa shape index (κ3) is 6.16. The predicted molar refractivity (Wildman–Crippen MR) is 122 cm³/mol. The van der Waals surface area contributed by atoms with Crippen molar-refractivity contribution in [2.45, 2.75) is 45.3 Å². The highest BCUT2D eigenvalue weighted by Gasteiger charge is 2.25. The van der Waals surface area contributed by atoms with Crippen LogP contribution in [0.1, 0.15) is 31.9 Å². The molecule has 0 aliphatic rings. The van der Waals surface area contributed by atoms with E-state index in [0.717, 1.165) is 22.0 Å². The fourth-order valence-corrected chi connectivity index (χ4v) is 3.36. The SMILES string of the molecule is CC(C)(C)OC(=O)N[C@@H](Cc1c[nH]c2ccccc12)C(=O)NCCc1ccc(O)c(O)c1. The molecule has 1 atom stereocenters. The van der Waals surface area contributed by atoms with Gasteiger partial charge in [-0.15, -0.1) is 0 Å². The number of nitrogens with one attached hydrogen (secondary N) is 3. The molecular formula is C24H29N3O5. The number of rotatable bonds is 7. The van der Waals surface area contributed by atoms with E-state index < -0.39 is 17.7 Å². The first-order valence-electron chi connectivity index (χ1n) is 10.5. The van der Waals surface area contributed by atoms with E-state index in [0.29, 0.717) is 13.0 Å². The number of aromatic nitrogens is 1. The first-order chi connectivity index (χ1) is 15.1. The summed E-state index contributed by atoms with van der Waals surface area (Å²) in [6.07, 6.45) is 1.91. The van der Waals surface area contributed by atoms with Gasteiger partial charge in [-0.2, -0.15) is 0 Å². The topological polar surface area (TPSA) is 124 Å². The molecule has 170 valence electrons. The maximum Gasteiger partial charge on any atom is 0.408 e. The monoisotopic (exact) mass is 439 g/mol. The quantitative estimate of drug-likeness (QED) is 0.361. The Morgan fingerprint density at radius 1 is 1.09 bits per heavy atom. The van der Waals surface area contributed by atoms with Crippen LogP contribution in [-0.2, 0) is 22.4 Å². The van der Waals surface area contributed by atoms with Gasteiger partial charge in [0.25, 0.3) is 0 Å². The Bertz CT molecular complexity index is 1100. The van der Waals surface area contributed by atoms with Crippen molar-refractivity contribution in [1.29, 1.82) is 0 Å². The standard InChI is InChI=1S/C24H29N3O5/c1-24(2,3)32-23(31)27-19(13-16-14-26-18-7-5-4-6-17(16)18)22(30)25-11-10-15-8-9-20(28)21(29)12-15/h4-9,12,14,19,26,28-29H,10-11,13H2,1-3H3,(H,25,30)(H,27,31)/t19-/m0/s1. The first kappa shape index (κ1) is 23.0. The lowest BCUT2D eigenvalue weighted by Gasteiger charge is -2.23. The zero-order valence-electron chi connectivity index (χ0n) is 18.4. The normalized spacial score (nSPS) is 12.3. The Kier molecular flexibility index (Phi) is 6.92. The van der Waals surface area contributed by atoms with Gasteiger partial charge in [0.05, 0.1) is 0 Å². The fourth-order valence-electron chi connectivity index (χ4n) is 3.36. The number of alkyl carbamates (subject to hydrolysis) is 1. The molecule has 1 heterocycles. The lowest BCUT2D eigenvalue weighted by molar-refractivity contribution is -0.123. The molecule has 0 fully saturated rings. The van der Waals surface area contributed by atoms with Gasteiger partial charge >= 0.3 is 6.09 Å². The van der Waals surface area contributed by atoms with Crippen molar-refractivity contribution < 1.29 is 24.5 Å². The number of hydrogen-bond acceptors (Lipinski definition) is 5. The Morgan fingerprint density at radius 2 is 1.84 bits per heavy atom. The lowest BCUT2D eigenvalue weighted by atomic mass is 10.0. The van der Waals surface area contributed by atoms with E-state index in [9.17, 15) is 19.8 Å². The molecule has 8 heteroatoms. The minimum atomic E-state index is -0.836. The van der Waals surface area contributed by atoms with Crippen molar-refractivity contribution in [2.75, 3.05) is 6.54 Å². The number of hydrogen-bond donors (Lipinski definition) is 5. The highest BCUT2D eigenvalue weighted by molar-refractivity contribution is 5.88. The summed E-state index contributed by atoms with van der Waals surface area (Å²) >= 11 is 0. The van der Waals surface area contributed by atoms with E-state index in [-0.39, 0.29) is 23.8 Å². The summed E-state index contributed by atoms with van der Waals surface area (Å²) in [4.78, 5) is 28.5. The van der Waals surface area contributed by atoms with Crippen molar-refractivity contribution in [1.82, 2.24) is 15.6 Å². The summed E-state index contributed by atoms with van der Waals surface area (Å²) in [6, 6.07) is 11.4. The summed E-state index contributed by atoms with van der Waals surface area (Å²) in [7, 11) is 0. The first-order valence-corrected chi connectivity index (χ1v) is 10.5. The van der Waals surface area contributed by atoms with Crippen LogP contribution in [0.2, 0.25) is 0 Å². The number of aromatic amines is 1. The third-order valence-electron chi connectivity index (χ3n) is 4.86. The second-order valence-electron chi connectivity index (χ2n) is 8.63. The average Bonchev–Trinajstić information content (AvgIpc) is 3.11. The molecule has 0 aliphatic heterocycles. The molecule has 2 amide bonds. The molecule has 0 saturated heterocycles. The van der Waals surface area contributed by atoms with E-state index in [2.05, 4.69) is 15.6 Å². The highest BCUT2D eigenvalue weighted by Crippen LogP contribution is 2.25. The van der Waals surface area contributed by atoms with E-state index in [1.54, 1.807) is 26.8 Å². The van der Waals surface area contributed by atoms with Crippen molar-refractivity contribution in [3.63, 3.8) is 0 Å². The number of benzene rings is 2. The van der Waals surface area contributed by atoms with Gasteiger partial charge in [0, 0.05) is 30.1 Å². The molecule has 8 nitrogen and oxygen atoms in total. The summed E-state index contributed by atoms with van der Waals surface area (Å²) in [6.45, 7) is 5.57. The molecular weight excluding hydrogens is 410 g/mol.